The Labute approximate surface area is 181 Å². The maximum Gasteiger partial charge on any atom is 0.432 e. The average Bonchev–Trinajstić information content (AvgIpc) is 3.31. The molecule has 2 heterocycles. The van der Waals surface area contributed by atoms with Gasteiger partial charge in [-0.15, -0.1) is 0 Å². The van der Waals surface area contributed by atoms with Crippen LogP contribution in [0.5, 0.6) is 0 Å². The van der Waals surface area contributed by atoms with Gasteiger partial charge in [-0.05, 0) is 36.3 Å². The molecule has 0 atom stereocenters. The Kier molecular flexibility index (Phi) is 5.25. The largest absolute Gasteiger partial charge is 0.466 e. The number of carbonyl (C=O) groups excluding carboxylic acids is 1. The van der Waals surface area contributed by atoms with E-state index in [0.29, 0.717) is 33.1 Å². The Bertz CT molecular complexity index is 1420. The van der Waals surface area contributed by atoms with Gasteiger partial charge in [0.25, 0.3) is 0 Å². The summed E-state index contributed by atoms with van der Waals surface area (Å²) in [6.07, 6.45) is 3.02. The molecule has 0 aliphatic heterocycles. The summed E-state index contributed by atoms with van der Waals surface area (Å²) in [6, 6.07) is 7.00. The first-order valence-corrected chi connectivity index (χ1v) is 9.73. The molecule has 0 fully saturated rings. The van der Waals surface area contributed by atoms with Gasteiger partial charge in [0.1, 0.15) is 0 Å². The average molecular weight is 439 g/mol. The highest BCUT2D eigenvalue weighted by molar-refractivity contribution is 6.04. The van der Waals surface area contributed by atoms with Crippen molar-refractivity contribution in [3.8, 4) is 5.69 Å². The molecule has 32 heavy (non-hydrogen) atoms. The van der Waals surface area contributed by atoms with E-state index in [4.69, 9.17) is 4.74 Å². The first kappa shape index (κ1) is 21.2. The lowest BCUT2D eigenvalue weighted by molar-refractivity contribution is -0.134. The Hall–Kier alpha value is -4.01. The first-order valence-electron chi connectivity index (χ1n) is 9.73. The van der Waals surface area contributed by atoms with Gasteiger partial charge in [-0.1, -0.05) is 13.8 Å². The minimum atomic E-state index is -1.24. The fraction of sp³-hybridized carbons (Fsp3) is 0.174. The van der Waals surface area contributed by atoms with E-state index in [-0.39, 0.29) is 5.92 Å². The van der Waals surface area contributed by atoms with Crippen LogP contribution in [0.3, 0.4) is 0 Å². The number of carboxylic acid groups (broad SMARTS) is 1. The van der Waals surface area contributed by atoms with E-state index in [9.17, 15) is 23.5 Å². The highest BCUT2D eigenvalue weighted by Crippen LogP contribution is 2.37. The van der Waals surface area contributed by atoms with Crippen LogP contribution in [0.1, 0.15) is 31.0 Å². The molecule has 2 aromatic heterocycles. The van der Waals surface area contributed by atoms with Crippen molar-refractivity contribution in [2.24, 2.45) is 0 Å². The van der Waals surface area contributed by atoms with Crippen molar-refractivity contribution < 1.29 is 28.2 Å². The van der Waals surface area contributed by atoms with Crippen LogP contribution in [-0.4, -0.2) is 38.6 Å². The van der Waals surface area contributed by atoms with E-state index in [1.807, 2.05) is 13.8 Å². The molecule has 0 saturated heterocycles. The van der Waals surface area contributed by atoms with E-state index < -0.39 is 23.7 Å². The van der Waals surface area contributed by atoms with E-state index in [1.54, 1.807) is 22.8 Å². The van der Waals surface area contributed by atoms with Crippen LogP contribution in [-0.2, 0) is 9.53 Å². The summed E-state index contributed by atoms with van der Waals surface area (Å²) in [5.41, 5.74) is 2.73. The molecule has 2 aromatic carbocycles. The molecule has 4 aromatic rings. The molecule has 164 valence electrons. The third-order valence-corrected chi connectivity index (χ3v) is 5.21. The molecule has 0 aliphatic rings. The van der Waals surface area contributed by atoms with Crippen molar-refractivity contribution in [2.45, 2.75) is 19.8 Å². The van der Waals surface area contributed by atoms with Crippen molar-refractivity contribution in [2.75, 3.05) is 7.11 Å². The number of benzene rings is 2. The number of esters is 1. The van der Waals surface area contributed by atoms with Gasteiger partial charge < -0.3 is 14.4 Å². The minimum absolute atomic E-state index is 0.0908. The van der Waals surface area contributed by atoms with Crippen LogP contribution >= 0.6 is 0 Å². The van der Waals surface area contributed by atoms with Crippen molar-refractivity contribution in [1.29, 1.82) is 0 Å². The van der Waals surface area contributed by atoms with Crippen molar-refractivity contribution in [1.82, 2.24) is 14.3 Å². The van der Waals surface area contributed by atoms with Gasteiger partial charge in [-0.3, -0.25) is 0 Å². The first-order chi connectivity index (χ1) is 15.2. The number of fused-ring (bicyclic) bond motifs is 2. The molecule has 1 N–H and O–H groups in total. The normalized spacial score (nSPS) is 11.8. The number of aromatic nitrogens is 3. The molecule has 9 heteroatoms. The lowest BCUT2D eigenvalue weighted by Crippen LogP contribution is -2.08. The molecule has 0 unspecified atom stereocenters. The topological polar surface area (TPSA) is 86.4 Å². The summed E-state index contributed by atoms with van der Waals surface area (Å²) in [7, 11) is 1.26. The van der Waals surface area contributed by atoms with E-state index >= 15 is 0 Å². The highest BCUT2D eigenvalue weighted by atomic mass is 19.2. The monoisotopic (exact) mass is 439 g/mol. The Morgan fingerprint density at radius 1 is 1.12 bits per heavy atom. The lowest BCUT2D eigenvalue weighted by atomic mass is 10.0. The number of hydrogen-bond donors (Lipinski definition) is 1. The van der Waals surface area contributed by atoms with Crippen molar-refractivity contribution >= 4 is 39.9 Å². The number of methoxy groups -OCH3 is 1. The quantitative estimate of drug-likeness (QED) is 0.353. The molecule has 0 amide bonds. The number of halogens is 2. The van der Waals surface area contributed by atoms with Gasteiger partial charge in [-0.25, -0.2) is 18.4 Å². The van der Waals surface area contributed by atoms with Crippen LogP contribution in [0.25, 0.3) is 33.6 Å². The fourth-order valence-corrected chi connectivity index (χ4v) is 3.87. The predicted molar refractivity (Wildman–Crippen MR) is 115 cm³/mol. The van der Waals surface area contributed by atoms with E-state index in [2.05, 4.69) is 5.10 Å². The van der Waals surface area contributed by atoms with Gasteiger partial charge in [0.05, 0.1) is 24.3 Å². The zero-order valence-corrected chi connectivity index (χ0v) is 17.5. The third-order valence-electron chi connectivity index (χ3n) is 5.21. The van der Waals surface area contributed by atoms with E-state index in [1.165, 1.54) is 25.4 Å². The van der Waals surface area contributed by atoms with Crippen LogP contribution in [0.15, 0.2) is 42.6 Å². The van der Waals surface area contributed by atoms with Gasteiger partial charge in [-0.2, -0.15) is 9.78 Å². The number of carbonyl (C=O) groups is 2. The van der Waals surface area contributed by atoms with Crippen molar-refractivity contribution in [3.63, 3.8) is 0 Å². The maximum atomic E-state index is 14.1. The predicted octanol–water partition coefficient (Wildman–Crippen LogP) is 5.09. The zero-order chi connectivity index (χ0) is 23.2. The molecular weight excluding hydrogens is 420 g/mol. The molecular formula is C23H19F2N3O4. The van der Waals surface area contributed by atoms with Crippen LogP contribution < -0.4 is 0 Å². The zero-order valence-electron chi connectivity index (χ0n) is 17.5. The van der Waals surface area contributed by atoms with Crippen LogP contribution in [0.4, 0.5) is 13.6 Å². The molecule has 0 aliphatic carbocycles. The second kappa shape index (κ2) is 7.92. The molecule has 7 nitrogen and oxygen atoms in total. The SMILES string of the molecule is COC(=O)/C=C/c1c(C(C)C)n(-c2ccc(F)c(F)c2)c2cc3cnn(C(=O)O)c3cc12. The molecule has 0 radical (unpaired) electrons. The number of rotatable bonds is 4. The summed E-state index contributed by atoms with van der Waals surface area (Å²) in [5.74, 6) is -2.62. The molecule has 0 spiro atoms. The molecule has 0 bridgehead atoms. The number of ether oxygens (including phenoxy) is 1. The smallest absolute Gasteiger partial charge is 0.432 e. The van der Waals surface area contributed by atoms with Gasteiger partial charge in [0.15, 0.2) is 11.6 Å². The molecule has 4 rings (SSSR count). The summed E-state index contributed by atoms with van der Waals surface area (Å²) >= 11 is 0. The minimum Gasteiger partial charge on any atom is -0.466 e. The van der Waals surface area contributed by atoms with Crippen LogP contribution in [0.2, 0.25) is 0 Å². The number of nitrogens with zero attached hydrogens (tertiary/aromatic N) is 3. The third kappa shape index (κ3) is 3.41. The summed E-state index contributed by atoms with van der Waals surface area (Å²) in [6.45, 7) is 3.86. The number of hydrogen-bond acceptors (Lipinski definition) is 4. The van der Waals surface area contributed by atoms with Gasteiger partial charge in [0.2, 0.25) is 0 Å². The highest BCUT2D eigenvalue weighted by Gasteiger charge is 2.22. The maximum absolute atomic E-state index is 14.1. The fourth-order valence-electron chi connectivity index (χ4n) is 3.87. The summed E-state index contributed by atoms with van der Waals surface area (Å²) in [5, 5.41) is 14.5. The second-order valence-corrected chi connectivity index (χ2v) is 7.51. The standard InChI is InChI=1S/C23H19F2N3O4/c1-12(2)22-15(5-7-21(29)32-3)16-10-19-13(11-26-28(19)23(30)31)8-20(16)27(22)14-4-6-17(24)18(25)9-14/h4-12H,1-3H3,(H,30,31)/b7-5+. The van der Waals surface area contributed by atoms with E-state index in [0.717, 1.165) is 22.5 Å². The molecule has 0 saturated carbocycles. The lowest BCUT2D eigenvalue weighted by Gasteiger charge is -2.15. The summed E-state index contributed by atoms with van der Waals surface area (Å²) < 4.78 is 35.0. The van der Waals surface area contributed by atoms with Gasteiger partial charge >= 0.3 is 12.1 Å². The van der Waals surface area contributed by atoms with Crippen molar-refractivity contribution in [3.05, 3.63) is 65.5 Å². The summed E-state index contributed by atoms with van der Waals surface area (Å²) in [4.78, 5) is 23.3. The Balaban J connectivity index is 2.15. The van der Waals surface area contributed by atoms with Crippen LogP contribution in [0, 0.1) is 11.6 Å². The second-order valence-electron chi connectivity index (χ2n) is 7.51. The Morgan fingerprint density at radius 2 is 1.88 bits per heavy atom. The van der Waals surface area contributed by atoms with Gasteiger partial charge in [0, 0.05) is 39.9 Å². The Morgan fingerprint density at radius 3 is 2.50 bits per heavy atom.